The third-order valence-electron chi connectivity index (χ3n) is 7.95. The Morgan fingerprint density at radius 3 is 1.62 bits per heavy atom. The van der Waals surface area contributed by atoms with Crippen LogP contribution in [0.5, 0.6) is 0 Å². The van der Waals surface area contributed by atoms with Gasteiger partial charge in [-0.05, 0) is 64.2 Å². The lowest BCUT2D eigenvalue weighted by molar-refractivity contribution is -0.154. The highest BCUT2D eigenvalue weighted by Crippen LogP contribution is 2.43. The van der Waals surface area contributed by atoms with Gasteiger partial charge >= 0.3 is 19.8 Å². The maximum Gasteiger partial charge on any atom is 0.472 e. The van der Waals surface area contributed by atoms with Gasteiger partial charge in [0.15, 0.2) is 0 Å². The van der Waals surface area contributed by atoms with Gasteiger partial charge in [0, 0.05) is 13.0 Å². The number of unbranched alkanes of at least 4 members (excludes halogenated alkanes) is 18. The van der Waals surface area contributed by atoms with Gasteiger partial charge in [0.1, 0.15) is 12.1 Å². The Kier molecular flexibility index (Phi) is 32.8. The van der Waals surface area contributed by atoms with Crippen molar-refractivity contribution in [3.05, 3.63) is 24.3 Å². The van der Waals surface area contributed by atoms with Crippen molar-refractivity contribution in [2.75, 3.05) is 26.4 Å². The van der Waals surface area contributed by atoms with Gasteiger partial charge in [-0.3, -0.25) is 18.6 Å². The SMILES string of the molecule is CCCCC/C=C\CCCCCCCC(=O)OC(COCCCCCCCC/C=C\CCCCCC)COP(=O)(O)OCC(N)C(=O)O. The van der Waals surface area contributed by atoms with E-state index in [1.807, 2.05) is 0 Å². The Balaban J connectivity index is 4.33. The monoisotopic (exact) mass is 703 g/mol. The molecule has 48 heavy (non-hydrogen) atoms. The molecular weight excluding hydrogens is 633 g/mol. The van der Waals surface area contributed by atoms with Crippen LogP contribution in [0.4, 0.5) is 0 Å². The number of phosphoric acid groups is 1. The van der Waals surface area contributed by atoms with Crippen LogP contribution >= 0.6 is 7.82 Å². The van der Waals surface area contributed by atoms with Crippen LogP contribution in [0.2, 0.25) is 0 Å². The molecule has 0 heterocycles. The normalized spacial score (nSPS) is 14.4. The smallest absolute Gasteiger partial charge is 0.472 e. The van der Waals surface area contributed by atoms with Gasteiger partial charge < -0.3 is 25.2 Å². The minimum atomic E-state index is -4.61. The topological polar surface area (TPSA) is 155 Å². The van der Waals surface area contributed by atoms with Crippen molar-refractivity contribution < 1.29 is 42.7 Å². The number of carbonyl (C=O) groups excluding carboxylic acids is 1. The molecule has 0 bridgehead atoms. The number of phosphoric ester groups is 1. The molecule has 0 aliphatic carbocycles. The van der Waals surface area contributed by atoms with Crippen molar-refractivity contribution in [1.29, 1.82) is 0 Å². The number of hydrogen-bond donors (Lipinski definition) is 3. The first-order valence-corrected chi connectivity index (χ1v) is 20.4. The molecule has 0 aliphatic rings. The molecule has 11 heteroatoms. The molecule has 0 aliphatic heterocycles. The van der Waals surface area contributed by atoms with Gasteiger partial charge in [0.2, 0.25) is 0 Å². The second kappa shape index (κ2) is 33.9. The predicted molar refractivity (Wildman–Crippen MR) is 194 cm³/mol. The van der Waals surface area contributed by atoms with Gasteiger partial charge in [-0.2, -0.15) is 0 Å². The Morgan fingerprint density at radius 1 is 0.646 bits per heavy atom. The maximum atomic E-state index is 12.5. The third kappa shape index (κ3) is 33.0. The first-order chi connectivity index (χ1) is 23.2. The van der Waals surface area contributed by atoms with Crippen molar-refractivity contribution in [3.8, 4) is 0 Å². The van der Waals surface area contributed by atoms with Gasteiger partial charge in [-0.1, -0.05) is 115 Å². The molecule has 0 radical (unpaired) electrons. The van der Waals surface area contributed by atoms with Gasteiger partial charge in [0.05, 0.1) is 19.8 Å². The molecule has 0 spiro atoms. The van der Waals surface area contributed by atoms with Crippen LogP contribution < -0.4 is 5.73 Å². The lowest BCUT2D eigenvalue weighted by Crippen LogP contribution is -2.34. The number of nitrogens with two attached hydrogens (primary N) is 1. The third-order valence-corrected chi connectivity index (χ3v) is 8.90. The highest BCUT2D eigenvalue weighted by Gasteiger charge is 2.27. The molecule has 0 aromatic rings. The van der Waals surface area contributed by atoms with Crippen LogP contribution in [0.15, 0.2) is 24.3 Å². The Labute approximate surface area is 292 Å². The molecule has 3 atom stereocenters. The zero-order valence-corrected chi connectivity index (χ0v) is 31.2. The van der Waals surface area contributed by atoms with Crippen LogP contribution in [0, 0.1) is 0 Å². The molecule has 282 valence electrons. The van der Waals surface area contributed by atoms with Crippen LogP contribution in [0.25, 0.3) is 0 Å². The Morgan fingerprint density at radius 2 is 1.08 bits per heavy atom. The molecule has 0 aromatic carbocycles. The number of hydrogen-bond acceptors (Lipinski definition) is 8. The fourth-order valence-electron chi connectivity index (χ4n) is 4.94. The summed E-state index contributed by atoms with van der Waals surface area (Å²) in [7, 11) is -4.61. The van der Waals surface area contributed by atoms with E-state index in [1.165, 1.54) is 70.6 Å². The molecule has 3 unspecified atom stereocenters. The maximum absolute atomic E-state index is 12.5. The molecule has 0 fully saturated rings. The first kappa shape index (κ1) is 46.5. The summed E-state index contributed by atoms with van der Waals surface area (Å²) in [6.45, 7) is 3.80. The zero-order chi connectivity index (χ0) is 35.6. The van der Waals surface area contributed by atoms with E-state index >= 15 is 0 Å². The van der Waals surface area contributed by atoms with Crippen molar-refractivity contribution in [3.63, 3.8) is 0 Å². The summed E-state index contributed by atoms with van der Waals surface area (Å²) in [5.41, 5.74) is 5.33. The number of carboxylic acids is 1. The van der Waals surface area contributed by atoms with Crippen LogP contribution in [0.1, 0.15) is 162 Å². The fraction of sp³-hybridized carbons (Fsp3) is 0.838. The lowest BCUT2D eigenvalue weighted by Gasteiger charge is -2.20. The van der Waals surface area contributed by atoms with Gasteiger partial charge in [-0.15, -0.1) is 0 Å². The summed E-state index contributed by atoms with van der Waals surface area (Å²) in [5.74, 6) is -1.79. The van der Waals surface area contributed by atoms with E-state index < -0.39 is 45.1 Å². The van der Waals surface area contributed by atoms with E-state index in [0.717, 1.165) is 64.2 Å². The second-order valence-corrected chi connectivity index (χ2v) is 14.1. The number of carboxylic acid groups (broad SMARTS) is 1. The average molecular weight is 704 g/mol. The van der Waals surface area contributed by atoms with Gasteiger partial charge in [0.25, 0.3) is 0 Å². The fourth-order valence-corrected chi connectivity index (χ4v) is 5.72. The summed E-state index contributed by atoms with van der Waals surface area (Å²) in [6, 6.07) is -1.47. The standard InChI is InChI=1S/C37H70NO9P/c1-3-5-7-9-11-13-15-17-18-20-22-24-26-28-30-44-31-34(32-45-48(42,43)46-33-35(38)37(40)41)47-36(39)29-27-25-23-21-19-16-14-12-10-8-6-4-2/h12-15,34-35H,3-11,16-33,38H2,1-2H3,(H,40,41)(H,42,43)/b14-12-,15-13-. The highest BCUT2D eigenvalue weighted by atomic mass is 31.2. The molecule has 0 amide bonds. The molecule has 0 aromatic heterocycles. The first-order valence-electron chi connectivity index (χ1n) is 18.9. The molecule has 10 nitrogen and oxygen atoms in total. The molecule has 0 saturated carbocycles. The number of esters is 1. The number of aliphatic carboxylic acids is 1. The van der Waals surface area contributed by atoms with E-state index in [0.29, 0.717) is 13.0 Å². The second-order valence-electron chi connectivity index (χ2n) is 12.7. The van der Waals surface area contributed by atoms with Crippen molar-refractivity contribution >= 4 is 19.8 Å². The number of ether oxygens (including phenoxy) is 2. The zero-order valence-electron chi connectivity index (χ0n) is 30.3. The van der Waals surface area contributed by atoms with Crippen molar-refractivity contribution in [2.45, 2.75) is 174 Å². The Bertz CT molecular complexity index is 868. The average Bonchev–Trinajstić information content (AvgIpc) is 3.06. The lowest BCUT2D eigenvalue weighted by atomic mass is 10.1. The number of allylic oxidation sites excluding steroid dienone is 4. The summed E-state index contributed by atoms with van der Waals surface area (Å²) in [5, 5.41) is 8.85. The van der Waals surface area contributed by atoms with E-state index in [1.54, 1.807) is 0 Å². The number of carbonyl (C=O) groups is 2. The number of rotatable bonds is 36. The molecule has 0 saturated heterocycles. The van der Waals surface area contributed by atoms with Crippen LogP contribution in [-0.4, -0.2) is 60.5 Å². The molecule has 4 N–H and O–H groups in total. The largest absolute Gasteiger partial charge is 0.480 e. The summed E-state index contributed by atoms with van der Waals surface area (Å²) >= 11 is 0. The van der Waals surface area contributed by atoms with Crippen LogP contribution in [-0.2, 0) is 32.7 Å². The molecule has 0 rings (SSSR count). The molecular formula is C37H70NO9P. The predicted octanol–water partition coefficient (Wildman–Crippen LogP) is 9.58. The van der Waals surface area contributed by atoms with Crippen molar-refractivity contribution in [1.82, 2.24) is 0 Å². The quantitative estimate of drug-likeness (QED) is 0.0249. The van der Waals surface area contributed by atoms with Crippen LogP contribution in [0.3, 0.4) is 0 Å². The summed E-state index contributed by atoms with van der Waals surface area (Å²) < 4.78 is 33.2. The summed E-state index contributed by atoms with van der Waals surface area (Å²) in [4.78, 5) is 33.3. The summed E-state index contributed by atoms with van der Waals surface area (Å²) in [6.07, 6.45) is 33.7. The van der Waals surface area contributed by atoms with Crippen molar-refractivity contribution in [2.24, 2.45) is 5.73 Å². The van der Waals surface area contributed by atoms with E-state index in [9.17, 15) is 19.0 Å². The van der Waals surface area contributed by atoms with Gasteiger partial charge in [-0.25, -0.2) is 4.57 Å². The highest BCUT2D eigenvalue weighted by molar-refractivity contribution is 7.47. The Hall–Kier alpha value is -1.55. The van der Waals surface area contributed by atoms with E-state index in [-0.39, 0.29) is 13.0 Å². The van der Waals surface area contributed by atoms with E-state index in [4.69, 9.17) is 24.8 Å². The van der Waals surface area contributed by atoms with E-state index in [2.05, 4.69) is 42.7 Å². The minimum Gasteiger partial charge on any atom is -0.480 e. The minimum absolute atomic E-state index is 0.0110.